The van der Waals surface area contributed by atoms with E-state index in [0.717, 1.165) is 22.3 Å². The third kappa shape index (κ3) is 5.17. The number of ketones is 1. The maximum absolute atomic E-state index is 13.1. The molecule has 3 aromatic rings. The van der Waals surface area contributed by atoms with Crippen molar-refractivity contribution in [3.05, 3.63) is 107 Å². The lowest BCUT2D eigenvalue weighted by atomic mass is 9.95. The van der Waals surface area contributed by atoms with Gasteiger partial charge in [-0.15, -0.1) is 0 Å². The third-order valence-electron chi connectivity index (χ3n) is 4.88. The lowest BCUT2D eigenvalue weighted by Crippen LogP contribution is -2.43. The Morgan fingerprint density at radius 1 is 0.857 bits per heavy atom. The molecule has 1 unspecified atom stereocenters. The second-order valence-electron chi connectivity index (χ2n) is 7.15. The lowest BCUT2D eigenvalue weighted by molar-refractivity contribution is -0.120. The van der Waals surface area contributed by atoms with Gasteiger partial charge in [-0.1, -0.05) is 72.3 Å². The number of amides is 1. The first kappa shape index (κ1) is 19.6. The zero-order valence-electron chi connectivity index (χ0n) is 16.3. The van der Waals surface area contributed by atoms with Crippen LogP contribution in [0.25, 0.3) is 0 Å². The summed E-state index contributed by atoms with van der Waals surface area (Å²) in [5, 5.41) is 2.96. The van der Waals surface area contributed by atoms with Gasteiger partial charge in [0.05, 0.1) is 6.04 Å². The van der Waals surface area contributed by atoms with Gasteiger partial charge in [0.15, 0.2) is 5.78 Å². The molecule has 0 fully saturated rings. The van der Waals surface area contributed by atoms with Crippen molar-refractivity contribution in [3.63, 3.8) is 0 Å². The minimum Gasteiger partial charge on any atom is -0.342 e. The van der Waals surface area contributed by atoms with Gasteiger partial charge in [0.1, 0.15) is 0 Å². The highest BCUT2D eigenvalue weighted by atomic mass is 16.2. The number of aryl methyl sites for hydroxylation is 2. The van der Waals surface area contributed by atoms with Crippen LogP contribution in [0.1, 0.15) is 32.6 Å². The zero-order chi connectivity index (χ0) is 19.9. The van der Waals surface area contributed by atoms with Crippen LogP contribution in [0.4, 0.5) is 0 Å². The molecule has 0 aliphatic carbocycles. The van der Waals surface area contributed by atoms with E-state index in [4.69, 9.17) is 0 Å². The molecule has 1 amide bonds. The molecule has 3 aromatic carbocycles. The molecule has 3 nitrogen and oxygen atoms in total. The average molecular weight is 371 g/mol. The van der Waals surface area contributed by atoms with Crippen molar-refractivity contribution in [3.8, 4) is 0 Å². The van der Waals surface area contributed by atoms with E-state index in [9.17, 15) is 9.59 Å². The maximum atomic E-state index is 13.1. The Hall–Kier alpha value is -3.20. The Labute approximate surface area is 166 Å². The molecular weight excluding hydrogens is 346 g/mol. The van der Waals surface area contributed by atoms with Crippen LogP contribution in [0.2, 0.25) is 0 Å². The first-order valence-corrected chi connectivity index (χ1v) is 9.51. The fourth-order valence-electron chi connectivity index (χ4n) is 3.24. The monoisotopic (exact) mass is 371 g/mol. The lowest BCUT2D eigenvalue weighted by Gasteiger charge is -2.19. The molecule has 0 aliphatic heterocycles. The quantitative estimate of drug-likeness (QED) is 0.667. The molecule has 1 N–H and O–H groups in total. The van der Waals surface area contributed by atoms with Gasteiger partial charge in [-0.05, 0) is 49.1 Å². The molecule has 1 atom stereocenters. The molecule has 0 saturated heterocycles. The number of hydrogen-bond acceptors (Lipinski definition) is 2. The topological polar surface area (TPSA) is 46.2 Å². The van der Waals surface area contributed by atoms with Gasteiger partial charge in [0.25, 0.3) is 5.91 Å². The summed E-state index contributed by atoms with van der Waals surface area (Å²) in [6.07, 6.45) is 0.779. The fourth-order valence-corrected chi connectivity index (χ4v) is 3.24. The first-order chi connectivity index (χ1) is 13.5. The minimum absolute atomic E-state index is 0.0131. The summed E-state index contributed by atoms with van der Waals surface area (Å²) >= 11 is 0. The number of rotatable bonds is 7. The molecule has 0 bridgehead atoms. The van der Waals surface area contributed by atoms with Crippen molar-refractivity contribution in [2.45, 2.75) is 32.7 Å². The van der Waals surface area contributed by atoms with Gasteiger partial charge in [0.2, 0.25) is 0 Å². The van der Waals surface area contributed by atoms with E-state index in [1.54, 1.807) is 6.07 Å². The Balaban J connectivity index is 1.81. The van der Waals surface area contributed by atoms with Crippen molar-refractivity contribution >= 4 is 11.7 Å². The van der Waals surface area contributed by atoms with E-state index < -0.39 is 6.04 Å². The first-order valence-electron chi connectivity index (χ1n) is 9.51. The van der Waals surface area contributed by atoms with Crippen molar-refractivity contribution in [1.29, 1.82) is 0 Å². The number of carbonyl (C=O) groups is 2. The largest absolute Gasteiger partial charge is 0.342 e. The predicted octanol–water partition coefficient (Wildman–Crippen LogP) is 4.46. The van der Waals surface area contributed by atoms with Gasteiger partial charge in [-0.2, -0.15) is 0 Å². The van der Waals surface area contributed by atoms with Crippen molar-refractivity contribution in [2.24, 2.45) is 0 Å². The SMILES string of the molecule is Cc1cccc(C(=O)NC(Cc2ccccc2)C(=O)Cc2ccccc2C)c1. The number of Topliss-reactive ketones (excluding diaryl/α,β-unsaturated/α-hetero) is 1. The standard InChI is InChI=1S/C25H25NO2/c1-18-9-8-14-22(15-18)25(28)26-23(16-20-11-4-3-5-12-20)24(27)17-21-13-7-6-10-19(21)2/h3-15,23H,16-17H2,1-2H3,(H,26,28). The van der Waals surface area contributed by atoms with E-state index >= 15 is 0 Å². The normalized spacial score (nSPS) is 11.6. The number of carbonyl (C=O) groups excluding carboxylic acids is 2. The Kier molecular flexibility index (Phi) is 6.38. The molecule has 0 radical (unpaired) electrons. The van der Waals surface area contributed by atoms with Crippen molar-refractivity contribution in [2.75, 3.05) is 0 Å². The van der Waals surface area contributed by atoms with Crippen LogP contribution in [0.3, 0.4) is 0 Å². The number of hydrogen-bond donors (Lipinski definition) is 1. The van der Waals surface area contributed by atoms with Crippen molar-refractivity contribution < 1.29 is 9.59 Å². The van der Waals surface area contributed by atoms with Crippen molar-refractivity contribution in [1.82, 2.24) is 5.32 Å². The minimum atomic E-state index is -0.574. The van der Waals surface area contributed by atoms with Crippen LogP contribution in [0, 0.1) is 13.8 Å². The molecule has 3 heteroatoms. The highest BCUT2D eigenvalue weighted by molar-refractivity contribution is 5.98. The highest BCUT2D eigenvalue weighted by Gasteiger charge is 2.22. The van der Waals surface area contributed by atoms with Crippen LogP contribution in [-0.4, -0.2) is 17.7 Å². The van der Waals surface area contributed by atoms with E-state index in [1.807, 2.05) is 86.6 Å². The summed E-state index contributed by atoms with van der Waals surface area (Å²) in [6, 6.07) is 24.5. The van der Waals surface area contributed by atoms with Gasteiger partial charge in [-0.25, -0.2) is 0 Å². The Morgan fingerprint density at radius 3 is 2.29 bits per heavy atom. The average Bonchev–Trinajstić information content (AvgIpc) is 2.70. The summed E-state index contributed by atoms with van der Waals surface area (Å²) in [5.74, 6) is -0.207. The van der Waals surface area contributed by atoms with E-state index in [1.165, 1.54) is 0 Å². The summed E-state index contributed by atoms with van der Waals surface area (Å²) in [7, 11) is 0. The number of nitrogens with one attached hydrogen (secondary N) is 1. The zero-order valence-corrected chi connectivity index (χ0v) is 16.3. The van der Waals surface area contributed by atoms with Crippen LogP contribution in [0.5, 0.6) is 0 Å². The van der Waals surface area contributed by atoms with Gasteiger partial charge < -0.3 is 5.32 Å². The molecule has 0 saturated carbocycles. The molecule has 0 aliphatic rings. The summed E-state index contributed by atoms with van der Waals surface area (Å²) < 4.78 is 0. The Bertz CT molecular complexity index is 963. The van der Waals surface area contributed by atoms with Gasteiger partial charge in [-0.3, -0.25) is 9.59 Å². The fraction of sp³-hybridized carbons (Fsp3) is 0.200. The number of benzene rings is 3. The molecule has 0 spiro atoms. The maximum Gasteiger partial charge on any atom is 0.251 e. The van der Waals surface area contributed by atoms with Crippen LogP contribution < -0.4 is 5.32 Å². The summed E-state index contributed by atoms with van der Waals surface area (Å²) in [6.45, 7) is 3.95. The van der Waals surface area contributed by atoms with Crippen LogP contribution in [0.15, 0.2) is 78.9 Å². The molecule has 3 rings (SSSR count). The molecule has 0 aromatic heterocycles. The highest BCUT2D eigenvalue weighted by Crippen LogP contribution is 2.13. The van der Waals surface area contributed by atoms with E-state index in [0.29, 0.717) is 18.4 Å². The van der Waals surface area contributed by atoms with E-state index in [-0.39, 0.29) is 11.7 Å². The molecular formula is C25H25NO2. The summed E-state index contributed by atoms with van der Waals surface area (Å²) in [5.41, 5.74) is 4.69. The second kappa shape index (κ2) is 9.14. The van der Waals surface area contributed by atoms with Gasteiger partial charge >= 0.3 is 0 Å². The smallest absolute Gasteiger partial charge is 0.251 e. The van der Waals surface area contributed by atoms with E-state index in [2.05, 4.69) is 5.32 Å². The second-order valence-corrected chi connectivity index (χ2v) is 7.15. The Morgan fingerprint density at radius 2 is 1.57 bits per heavy atom. The predicted molar refractivity (Wildman–Crippen MR) is 112 cm³/mol. The van der Waals surface area contributed by atoms with Crippen LogP contribution >= 0.6 is 0 Å². The van der Waals surface area contributed by atoms with Crippen LogP contribution in [-0.2, 0) is 17.6 Å². The summed E-state index contributed by atoms with van der Waals surface area (Å²) in [4.78, 5) is 25.8. The molecule has 0 heterocycles. The molecule has 28 heavy (non-hydrogen) atoms. The third-order valence-corrected chi connectivity index (χ3v) is 4.88. The van der Waals surface area contributed by atoms with Gasteiger partial charge in [0, 0.05) is 12.0 Å². The molecule has 142 valence electrons.